The summed E-state index contributed by atoms with van der Waals surface area (Å²) in [5.74, 6) is -2.91. The lowest BCUT2D eigenvalue weighted by atomic mass is 9.69. The molecule has 0 spiro atoms. The maximum absolute atomic E-state index is 13.7. The Balaban J connectivity index is 1.76. The van der Waals surface area contributed by atoms with Crippen molar-refractivity contribution in [3.63, 3.8) is 0 Å². The molecule has 0 atom stereocenters. The topological polar surface area (TPSA) is 55.4 Å². The van der Waals surface area contributed by atoms with Crippen LogP contribution >= 0.6 is 0 Å². The number of nitrogens with one attached hydrogen (secondary N) is 1. The van der Waals surface area contributed by atoms with Gasteiger partial charge in [-0.25, -0.2) is 13.6 Å². The Hall–Kier alpha value is -2.76. The van der Waals surface area contributed by atoms with Crippen LogP contribution in [0.15, 0.2) is 54.6 Å². The Kier molecular flexibility index (Phi) is 5.48. The Bertz CT molecular complexity index is 879. The smallest absolute Gasteiger partial charge is 0.408 e. The predicted molar refractivity (Wildman–Crippen MR) is 106 cm³/mol. The fourth-order valence-corrected chi connectivity index (χ4v) is 3.55. The van der Waals surface area contributed by atoms with E-state index in [0.717, 1.165) is 5.56 Å². The van der Waals surface area contributed by atoms with E-state index in [1.165, 1.54) is 0 Å². The molecule has 0 radical (unpaired) electrons. The first-order valence-corrected chi connectivity index (χ1v) is 9.55. The normalized spacial score (nSPS) is 17.1. The van der Waals surface area contributed by atoms with Gasteiger partial charge in [-0.05, 0) is 31.9 Å². The van der Waals surface area contributed by atoms with Crippen LogP contribution in [0.3, 0.4) is 0 Å². The number of alkyl halides is 2. The van der Waals surface area contributed by atoms with E-state index in [9.17, 15) is 18.4 Å². The van der Waals surface area contributed by atoms with Crippen molar-refractivity contribution in [3.05, 3.63) is 71.3 Å². The minimum Gasteiger partial charge on any atom is -0.444 e. The van der Waals surface area contributed by atoms with E-state index in [-0.39, 0.29) is 12.2 Å². The molecule has 0 saturated heterocycles. The molecular formula is C23H25F2NO3. The summed E-state index contributed by atoms with van der Waals surface area (Å²) in [5, 5.41) is 2.62. The van der Waals surface area contributed by atoms with Gasteiger partial charge in [-0.3, -0.25) is 4.79 Å². The Morgan fingerprint density at radius 2 is 1.59 bits per heavy atom. The van der Waals surface area contributed by atoms with Gasteiger partial charge in [0.2, 0.25) is 0 Å². The number of ether oxygens (including phenoxy) is 1. The van der Waals surface area contributed by atoms with E-state index in [0.29, 0.717) is 11.1 Å². The summed E-state index contributed by atoms with van der Waals surface area (Å²) in [4.78, 5) is 24.7. The molecule has 1 N–H and O–H groups in total. The lowest BCUT2D eigenvalue weighted by Crippen LogP contribution is -2.60. The van der Waals surface area contributed by atoms with Crippen LogP contribution in [0.2, 0.25) is 0 Å². The number of amides is 1. The van der Waals surface area contributed by atoms with E-state index in [1.807, 2.05) is 30.3 Å². The van der Waals surface area contributed by atoms with E-state index >= 15 is 0 Å². The zero-order chi connectivity index (χ0) is 21.3. The van der Waals surface area contributed by atoms with Crippen molar-refractivity contribution < 1.29 is 23.1 Å². The van der Waals surface area contributed by atoms with Crippen LogP contribution < -0.4 is 5.32 Å². The average Bonchev–Trinajstić information content (AvgIpc) is 2.59. The van der Waals surface area contributed by atoms with Gasteiger partial charge in [0, 0.05) is 24.8 Å². The fourth-order valence-electron chi connectivity index (χ4n) is 3.55. The molecule has 2 aromatic rings. The van der Waals surface area contributed by atoms with Gasteiger partial charge in [0.05, 0.1) is 5.54 Å². The lowest BCUT2D eigenvalue weighted by molar-refractivity contribution is -0.136. The summed E-state index contributed by atoms with van der Waals surface area (Å²) in [6, 6.07) is 15.9. The third kappa shape index (κ3) is 5.19. The molecular weight excluding hydrogens is 376 g/mol. The largest absolute Gasteiger partial charge is 0.444 e. The monoisotopic (exact) mass is 401 g/mol. The summed E-state index contributed by atoms with van der Waals surface area (Å²) >= 11 is 0. The first-order chi connectivity index (χ1) is 13.5. The molecule has 0 aliphatic heterocycles. The van der Waals surface area contributed by atoms with Gasteiger partial charge in [0.25, 0.3) is 5.92 Å². The number of hydrogen-bond donors (Lipinski definition) is 1. The second-order valence-electron chi connectivity index (χ2n) is 8.58. The van der Waals surface area contributed by atoms with Crippen molar-refractivity contribution in [2.24, 2.45) is 0 Å². The zero-order valence-corrected chi connectivity index (χ0v) is 16.8. The fraction of sp³-hybridized carbons (Fsp3) is 0.391. The van der Waals surface area contributed by atoms with Gasteiger partial charge in [0.1, 0.15) is 5.60 Å². The number of halogens is 2. The van der Waals surface area contributed by atoms with Gasteiger partial charge < -0.3 is 10.1 Å². The Morgan fingerprint density at radius 1 is 1.00 bits per heavy atom. The molecule has 0 aromatic heterocycles. The molecule has 0 heterocycles. The molecule has 1 amide bonds. The molecule has 1 aliphatic carbocycles. The maximum Gasteiger partial charge on any atom is 0.408 e. The van der Waals surface area contributed by atoms with Gasteiger partial charge in [0.15, 0.2) is 5.78 Å². The first kappa shape index (κ1) is 21.0. The number of hydrogen-bond acceptors (Lipinski definition) is 3. The van der Waals surface area contributed by atoms with Crippen molar-refractivity contribution in [2.45, 2.75) is 57.1 Å². The van der Waals surface area contributed by atoms with Gasteiger partial charge in [-0.2, -0.15) is 0 Å². The van der Waals surface area contributed by atoms with Crippen LogP contribution in [0.1, 0.15) is 55.1 Å². The molecule has 2 aromatic carbocycles. The molecule has 0 bridgehead atoms. The van der Waals surface area contributed by atoms with Gasteiger partial charge in [-0.1, -0.05) is 54.6 Å². The molecule has 1 fully saturated rings. The highest BCUT2D eigenvalue weighted by atomic mass is 19.3. The second kappa shape index (κ2) is 7.58. The van der Waals surface area contributed by atoms with Crippen molar-refractivity contribution in [1.82, 2.24) is 5.32 Å². The van der Waals surface area contributed by atoms with E-state index in [2.05, 4.69) is 5.32 Å². The highest BCUT2D eigenvalue weighted by molar-refractivity contribution is 5.97. The minimum absolute atomic E-state index is 0.0594. The van der Waals surface area contributed by atoms with Crippen LogP contribution in [0.4, 0.5) is 13.6 Å². The third-order valence-electron chi connectivity index (χ3n) is 4.83. The number of alkyl carbamates (subject to hydrolysis) is 1. The average molecular weight is 401 g/mol. The van der Waals surface area contributed by atoms with Gasteiger partial charge >= 0.3 is 6.09 Å². The SMILES string of the molecule is CC(C)(C)OC(=O)NC1(c2ccc(C(=O)Cc3ccccc3)cc2)CC(F)(F)C1. The third-order valence-corrected chi connectivity index (χ3v) is 4.83. The molecule has 1 aliphatic rings. The van der Waals surface area contributed by atoms with Crippen molar-refractivity contribution in [3.8, 4) is 0 Å². The number of benzene rings is 2. The standard InChI is InChI=1S/C23H25F2NO3/c1-21(2,3)29-20(28)26-22(14-23(24,25)15-22)18-11-9-17(10-12-18)19(27)13-16-7-5-4-6-8-16/h4-12H,13-15H2,1-3H3,(H,26,28). The van der Waals surface area contributed by atoms with Crippen molar-refractivity contribution >= 4 is 11.9 Å². The molecule has 1 saturated carbocycles. The summed E-state index contributed by atoms with van der Waals surface area (Å²) in [6.45, 7) is 5.13. The maximum atomic E-state index is 13.7. The molecule has 154 valence electrons. The zero-order valence-electron chi connectivity index (χ0n) is 16.8. The summed E-state index contributed by atoms with van der Waals surface area (Å²) in [6.07, 6.45) is -1.48. The molecule has 29 heavy (non-hydrogen) atoms. The summed E-state index contributed by atoms with van der Waals surface area (Å²) < 4.78 is 32.7. The number of rotatable bonds is 5. The lowest BCUT2D eigenvalue weighted by Gasteiger charge is -2.48. The van der Waals surface area contributed by atoms with Crippen LogP contribution in [-0.4, -0.2) is 23.4 Å². The Morgan fingerprint density at radius 3 is 2.10 bits per heavy atom. The summed E-state index contributed by atoms with van der Waals surface area (Å²) in [5.41, 5.74) is 0.00267. The predicted octanol–water partition coefficient (Wildman–Crippen LogP) is 5.26. The number of Topliss-reactive ketones (excluding diaryl/α,β-unsaturated/α-hetero) is 1. The quantitative estimate of drug-likeness (QED) is 0.695. The molecule has 4 nitrogen and oxygen atoms in total. The molecule has 3 rings (SSSR count). The summed E-state index contributed by atoms with van der Waals surface area (Å²) in [7, 11) is 0. The van der Waals surface area contributed by atoms with Crippen molar-refractivity contribution in [2.75, 3.05) is 0 Å². The van der Waals surface area contributed by atoms with E-state index in [4.69, 9.17) is 4.74 Å². The van der Waals surface area contributed by atoms with E-state index < -0.39 is 36.0 Å². The number of carbonyl (C=O) groups is 2. The molecule has 0 unspecified atom stereocenters. The second-order valence-corrected chi connectivity index (χ2v) is 8.58. The van der Waals surface area contributed by atoms with Crippen LogP contribution in [0, 0.1) is 0 Å². The Labute approximate surface area is 169 Å². The number of ketones is 1. The van der Waals surface area contributed by atoms with Crippen LogP contribution in [0.5, 0.6) is 0 Å². The van der Waals surface area contributed by atoms with Crippen molar-refractivity contribution in [1.29, 1.82) is 0 Å². The minimum atomic E-state index is -2.85. The molecule has 6 heteroatoms. The highest BCUT2D eigenvalue weighted by Crippen LogP contribution is 2.51. The first-order valence-electron chi connectivity index (χ1n) is 9.55. The number of carbonyl (C=O) groups excluding carboxylic acids is 2. The van der Waals surface area contributed by atoms with Crippen LogP contribution in [0.25, 0.3) is 0 Å². The van der Waals surface area contributed by atoms with Crippen LogP contribution in [-0.2, 0) is 16.7 Å². The highest BCUT2D eigenvalue weighted by Gasteiger charge is 2.58. The van der Waals surface area contributed by atoms with Gasteiger partial charge in [-0.15, -0.1) is 0 Å². The van der Waals surface area contributed by atoms with E-state index in [1.54, 1.807) is 45.0 Å².